The number of carbonyl (C=O) groups is 1. The summed E-state index contributed by atoms with van der Waals surface area (Å²) in [4.78, 5) is 11.9. The molecule has 0 saturated heterocycles. The van der Waals surface area contributed by atoms with Gasteiger partial charge in [-0.05, 0) is 13.8 Å². The van der Waals surface area contributed by atoms with Crippen molar-refractivity contribution in [2.45, 2.75) is 26.6 Å². The average molecular weight is 336 g/mol. The van der Waals surface area contributed by atoms with Crippen molar-refractivity contribution in [1.29, 1.82) is 0 Å². The van der Waals surface area contributed by atoms with E-state index in [1.165, 1.54) is 13.1 Å². The predicted octanol–water partition coefficient (Wildman–Crippen LogP) is 2.54. The van der Waals surface area contributed by atoms with Crippen molar-refractivity contribution in [3.8, 4) is 0 Å². The Morgan fingerprint density at radius 3 is 2.45 bits per heavy atom. The summed E-state index contributed by atoms with van der Waals surface area (Å²) in [5.41, 5.74) is 0.0862. The maximum absolute atomic E-state index is 12.7. The molecule has 2 aromatic heterocycles. The molecule has 0 fully saturated rings. The van der Waals surface area contributed by atoms with E-state index in [-0.39, 0.29) is 12.2 Å². The quantitative estimate of drug-likeness (QED) is 0.937. The Kier molecular flexibility index (Phi) is 4.19. The summed E-state index contributed by atoms with van der Waals surface area (Å²) in [5.74, 6) is -0.521. The average Bonchev–Trinajstić information content (AvgIpc) is 2.86. The second kappa shape index (κ2) is 5.64. The van der Waals surface area contributed by atoms with Gasteiger partial charge < -0.3 is 5.32 Å². The smallest absolute Gasteiger partial charge is 0.322 e. The molecule has 6 nitrogen and oxygen atoms in total. The Hall–Kier alpha value is -2.03. The highest BCUT2D eigenvalue weighted by atomic mass is 35.5. The molecule has 0 aliphatic carbocycles. The Bertz CT molecular complexity index is 719. The van der Waals surface area contributed by atoms with Gasteiger partial charge in [0.2, 0.25) is 5.91 Å². The molecule has 2 rings (SSSR count). The van der Waals surface area contributed by atoms with Crippen LogP contribution in [0.5, 0.6) is 0 Å². The van der Waals surface area contributed by atoms with Gasteiger partial charge >= 0.3 is 6.18 Å². The Labute approximate surface area is 128 Å². The van der Waals surface area contributed by atoms with Crippen LogP contribution in [0.4, 0.5) is 18.9 Å². The van der Waals surface area contributed by atoms with Gasteiger partial charge in [-0.2, -0.15) is 23.4 Å². The number of hydrogen-bond acceptors (Lipinski definition) is 3. The van der Waals surface area contributed by atoms with Crippen molar-refractivity contribution in [3.63, 3.8) is 0 Å². The van der Waals surface area contributed by atoms with Gasteiger partial charge in [0.05, 0.1) is 28.3 Å². The lowest BCUT2D eigenvalue weighted by Gasteiger charge is -2.06. The van der Waals surface area contributed by atoms with Crippen molar-refractivity contribution < 1.29 is 18.0 Å². The molecule has 1 amide bonds. The maximum atomic E-state index is 12.7. The van der Waals surface area contributed by atoms with Gasteiger partial charge in [-0.25, -0.2) is 0 Å². The summed E-state index contributed by atoms with van der Waals surface area (Å²) >= 11 is 5.62. The highest BCUT2D eigenvalue weighted by Gasteiger charge is 2.38. The molecule has 1 N–H and O–H groups in total. The van der Waals surface area contributed by atoms with Crippen LogP contribution in [0, 0.1) is 13.8 Å². The first-order chi connectivity index (χ1) is 10.1. The van der Waals surface area contributed by atoms with E-state index in [4.69, 9.17) is 11.6 Å². The summed E-state index contributed by atoms with van der Waals surface area (Å²) < 4.78 is 40.6. The normalized spacial score (nSPS) is 11.8. The second-order valence-corrected chi connectivity index (χ2v) is 5.10. The van der Waals surface area contributed by atoms with Crippen LogP contribution in [-0.2, 0) is 24.6 Å². The molecule has 0 spiro atoms. The van der Waals surface area contributed by atoms with E-state index >= 15 is 0 Å². The molecule has 0 atom stereocenters. The fourth-order valence-corrected chi connectivity index (χ4v) is 2.05. The third-order valence-electron chi connectivity index (χ3n) is 3.20. The van der Waals surface area contributed by atoms with Gasteiger partial charge in [0.15, 0.2) is 5.69 Å². The van der Waals surface area contributed by atoms with Crippen LogP contribution in [0.15, 0.2) is 6.20 Å². The van der Waals surface area contributed by atoms with Crippen molar-refractivity contribution in [2.75, 3.05) is 5.32 Å². The van der Waals surface area contributed by atoms with Crippen LogP contribution < -0.4 is 5.32 Å². The summed E-state index contributed by atoms with van der Waals surface area (Å²) in [7, 11) is 1.71. The Morgan fingerprint density at radius 1 is 1.36 bits per heavy atom. The molecular weight excluding hydrogens is 323 g/mol. The minimum atomic E-state index is -4.66. The number of aromatic nitrogens is 4. The first kappa shape index (κ1) is 16.3. The Morgan fingerprint density at radius 2 is 2.00 bits per heavy atom. The topological polar surface area (TPSA) is 64.7 Å². The number of hydrogen-bond donors (Lipinski definition) is 1. The maximum Gasteiger partial charge on any atom is 0.436 e. The third kappa shape index (κ3) is 3.08. The van der Waals surface area contributed by atoms with E-state index in [2.05, 4.69) is 15.5 Å². The van der Waals surface area contributed by atoms with E-state index in [0.29, 0.717) is 5.69 Å². The first-order valence-corrected chi connectivity index (χ1v) is 6.57. The molecule has 0 unspecified atom stereocenters. The van der Waals surface area contributed by atoms with Gasteiger partial charge in [0.1, 0.15) is 6.54 Å². The number of amides is 1. The lowest BCUT2D eigenvalue weighted by molar-refractivity contribution is -0.141. The molecule has 0 aliphatic rings. The number of halogens is 4. The summed E-state index contributed by atoms with van der Waals surface area (Å²) in [6, 6.07) is 0. The highest BCUT2D eigenvalue weighted by molar-refractivity contribution is 6.32. The summed E-state index contributed by atoms with van der Waals surface area (Å²) in [6.07, 6.45) is -3.21. The first-order valence-electron chi connectivity index (χ1n) is 6.19. The van der Waals surface area contributed by atoms with E-state index < -0.39 is 22.8 Å². The number of aryl methyl sites for hydroxylation is 1. The monoisotopic (exact) mass is 335 g/mol. The molecule has 0 aliphatic heterocycles. The number of alkyl halides is 3. The molecule has 0 saturated carbocycles. The van der Waals surface area contributed by atoms with Crippen molar-refractivity contribution in [2.24, 2.45) is 7.05 Å². The molecule has 10 heteroatoms. The number of anilines is 1. The van der Waals surface area contributed by atoms with Crippen molar-refractivity contribution in [3.05, 3.63) is 28.3 Å². The largest absolute Gasteiger partial charge is 0.436 e. The molecular formula is C12H13ClF3N5O. The molecule has 120 valence electrons. The standard InChI is InChI=1S/C12H13ClF3N5O/c1-6-8(4-17-20(6)3)18-9(22)5-21-7(2)10(13)11(19-21)12(14,15)16/h4H,5H2,1-3H3,(H,18,22). The zero-order valence-electron chi connectivity index (χ0n) is 12.0. The van der Waals surface area contributed by atoms with Crippen LogP contribution in [0.1, 0.15) is 17.1 Å². The number of rotatable bonds is 3. The fourth-order valence-electron chi connectivity index (χ4n) is 1.81. The SMILES string of the molecule is Cc1c(NC(=O)Cn2nc(C(F)(F)F)c(Cl)c2C)cnn1C. The lowest BCUT2D eigenvalue weighted by atomic mass is 10.3. The third-order valence-corrected chi connectivity index (χ3v) is 3.66. The second-order valence-electron chi connectivity index (χ2n) is 4.72. The van der Waals surface area contributed by atoms with E-state index in [0.717, 1.165) is 10.4 Å². The molecule has 0 bridgehead atoms. The van der Waals surface area contributed by atoms with Gasteiger partial charge in [0, 0.05) is 7.05 Å². The minimum Gasteiger partial charge on any atom is -0.322 e. The zero-order chi connectivity index (χ0) is 16.7. The van der Waals surface area contributed by atoms with Gasteiger partial charge in [-0.15, -0.1) is 0 Å². The van der Waals surface area contributed by atoms with Crippen LogP contribution in [-0.4, -0.2) is 25.5 Å². The summed E-state index contributed by atoms with van der Waals surface area (Å²) in [6.45, 7) is 2.74. The predicted molar refractivity (Wildman–Crippen MR) is 73.6 cm³/mol. The van der Waals surface area contributed by atoms with Gasteiger partial charge in [-0.3, -0.25) is 14.2 Å². The molecule has 2 aromatic rings. The van der Waals surface area contributed by atoms with E-state index in [9.17, 15) is 18.0 Å². The fraction of sp³-hybridized carbons (Fsp3) is 0.417. The Balaban J connectivity index is 2.17. The highest BCUT2D eigenvalue weighted by Crippen LogP contribution is 2.35. The van der Waals surface area contributed by atoms with Crippen LogP contribution >= 0.6 is 11.6 Å². The number of nitrogens with one attached hydrogen (secondary N) is 1. The van der Waals surface area contributed by atoms with Crippen molar-refractivity contribution in [1.82, 2.24) is 19.6 Å². The molecule has 0 radical (unpaired) electrons. The molecule has 0 aromatic carbocycles. The lowest BCUT2D eigenvalue weighted by Crippen LogP contribution is -2.21. The van der Waals surface area contributed by atoms with Crippen LogP contribution in [0.2, 0.25) is 5.02 Å². The van der Waals surface area contributed by atoms with Crippen LogP contribution in [0.3, 0.4) is 0 Å². The van der Waals surface area contributed by atoms with E-state index in [1.54, 1.807) is 18.7 Å². The van der Waals surface area contributed by atoms with Gasteiger partial charge in [0.25, 0.3) is 0 Å². The zero-order valence-corrected chi connectivity index (χ0v) is 12.7. The van der Waals surface area contributed by atoms with Crippen molar-refractivity contribution >= 4 is 23.2 Å². The van der Waals surface area contributed by atoms with Crippen LogP contribution in [0.25, 0.3) is 0 Å². The van der Waals surface area contributed by atoms with Gasteiger partial charge in [-0.1, -0.05) is 11.6 Å². The summed E-state index contributed by atoms with van der Waals surface area (Å²) in [5, 5.41) is 9.39. The minimum absolute atomic E-state index is 0.0760. The van der Waals surface area contributed by atoms with E-state index in [1.807, 2.05) is 0 Å². The molecule has 22 heavy (non-hydrogen) atoms. The number of nitrogens with zero attached hydrogens (tertiary/aromatic N) is 4. The number of carbonyl (C=O) groups excluding carboxylic acids is 1. The molecule has 2 heterocycles.